The number of amides is 2. The van der Waals surface area contributed by atoms with E-state index in [0.29, 0.717) is 5.69 Å². The van der Waals surface area contributed by atoms with Crippen LogP contribution in [-0.2, 0) is 16.6 Å². The van der Waals surface area contributed by atoms with Gasteiger partial charge < -0.3 is 5.32 Å². The lowest BCUT2D eigenvalue weighted by Crippen LogP contribution is -2.66. The number of hydrogen-bond donors (Lipinski definition) is 1. The molecule has 1 fully saturated rings. The Morgan fingerprint density at radius 3 is 2.30 bits per heavy atom. The molecule has 0 aliphatic carbocycles. The third-order valence-corrected chi connectivity index (χ3v) is 3.62. The molecule has 1 aromatic heterocycles. The van der Waals surface area contributed by atoms with E-state index in [0.717, 1.165) is 0 Å². The molecular formula is C14H22N4O2. The second kappa shape index (κ2) is 5.26. The highest BCUT2D eigenvalue weighted by Gasteiger charge is 2.44. The lowest BCUT2D eigenvalue weighted by atomic mass is 9.92. The largest absolute Gasteiger partial charge is 0.342 e. The molecule has 0 aromatic carbocycles. The zero-order valence-corrected chi connectivity index (χ0v) is 12.6. The van der Waals surface area contributed by atoms with E-state index in [9.17, 15) is 9.59 Å². The van der Waals surface area contributed by atoms with Gasteiger partial charge in [0, 0.05) is 13.2 Å². The standard InChI is InChI=1S/C14H22N4O2/c1-8(2)11-14(20)18(10-6-15-17(5)7-10)12(9(3)4)13(19)16-11/h6-9,11-12H,1-5H3,(H,16,19). The van der Waals surface area contributed by atoms with E-state index in [1.54, 1.807) is 29.0 Å². The van der Waals surface area contributed by atoms with Crippen LogP contribution in [0.4, 0.5) is 5.69 Å². The topological polar surface area (TPSA) is 67.2 Å². The van der Waals surface area contributed by atoms with Crippen LogP contribution >= 0.6 is 0 Å². The van der Waals surface area contributed by atoms with Crippen molar-refractivity contribution in [1.29, 1.82) is 0 Å². The second-order valence-electron chi connectivity index (χ2n) is 6.00. The summed E-state index contributed by atoms with van der Waals surface area (Å²) in [5.41, 5.74) is 0.678. The van der Waals surface area contributed by atoms with E-state index in [1.165, 1.54) is 0 Å². The van der Waals surface area contributed by atoms with Crippen LogP contribution in [0.3, 0.4) is 0 Å². The lowest BCUT2D eigenvalue weighted by Gasteiger charge is -2.41. The quantitative estimate of drug-likeness (QED) is 0.894. The number of aromatic nitrogens is 2. The maximum Gasteiger partial charge on any atom is 0.250 e. The summed E-state index contributed by atoms with van der Waals surface area (Å²) in [6, 6.07) is -0.959. The SMILES string of the molecule is CC(C)C1NC(=O)C(C(C)C)N(c2cnn(C)c2)C1=O. The molecular weight excluding hydrogens is 256 g/mol. The summed E-state index contributed by atoms with van der Waals surface area (Å²) in [6.07, 6.45) is 3.40. The third kappa shape index (κ3) is 2.42. The molecule has 6 heteroatoms. The van der Waals surface area contributed by atoms with Crippen LogP contribution in [0.5, 0.6) is 0 Å². The summed E-state index contributed by atoms with van der Waals surface area (Å²) in [5.74, 6) is -0.0699. The van der Waals surface area contributed by atoms with Crippen molar-refractivity contribution in [2.45, 2.75) is 39.8 Å². The fraction of sp³-hybridized carbons (Fsp3) is 0.643. The Balaban J connectivity index is 2.44. The van der Waals surface area contributed by atoms with Crippen LogP contribution in [0, 0.1) is 11.8 Å². The number of carbonyl (C=O) groups excluding carboxylic acids is 2. The molecule has 1 aliphatic heterocycles. The Kier molecular flexibility index (Phi) is 3.83. The predicted octanol–water partition coefficient (Wildman–Crippen LogP) is 0.932. The predicted molar refractivity (Wildman–Crippen MR) is 76.1 cm³/mol. The van der Waals surface area contributed by atoms with Crippen molar-refractivity contribution >= 4 is 17.5 Å². The summed E-state index contributed by atoms with van der Waals surface area (Å²) in [5, 5.41) is 6.95. The highest BCUT2D eigenvalue weighted by Crippen LogP contribution is 2.26. The zero-order chi connectivity index (χ0) is 15.0. The summed E-state index contributed by atoms with van der Waals surface area (Å²) < 4.78 is 1.64. The van der Waals surface area contributed by atoms with Crippen LogP contribution in [0.25, 0.3) is 0 Å². The first-order valence-electron chi connectivity index (χ1n) is 6.95. The molecule has 20 heavy (non-hydrogen) atoms. The molecule has 1 aliphatic rings. The third-order valence-electron chi connectivity index (χ3n) is 3.62. The van der Waals surface area contributed by atoms with E-state index >= 15 is 0 Å². The van der Waals surface area contributed by atoms with Gasteiger partial charge in [-0.15, -0.1) is 0 Å². The number of rotatable bonds is 3. The van der Waals surface area contributed by atoms with Crippen LogP contribution in [-0.4, -0.2) is 33.7 Å². The number of aryl methyl sites for hydroxylation is 1. The first kappa shape index (κ1) is 14.6. The average Bonchev–Trinajstić information content (AvgIpc) is 2.76. The van der Waals surface area contributed by atoms with Gasteiger partial charge in [-0.2, -0.15) is 5.10 Å². The maximum atomic E-state index is 12.7. The molecule has 2 amide bonds. The number of anilines is 1. The fourth-order valence-electron chi connectivity index (χ4n) is 2.58. The second-order valence-corrected chi connectivity index (χ2v) is 6.00. The van der Waals surface area contributed by atoms with Crippen LogP contribution in [0.1, 0.15) is 27.7 Å². The van der Waals surface area contributed by atoms with E-state index in [4.69, 9.17) is 0 Å². The number of carbonyl (C=O) groups is 2. The van der Waals surface area contributed by atoms with Gasteiger partial charge in [0.2, 0.25) is 5.91 Å². The molecule has 0 saturated carbocycles. The molecule has 0 spiro atoms. The van der Waals surface area contributed by atoms with Gasteiger partial charge in [0.05, 0.1) is 11.9 Å². The molecule has 1 saturated heterocycles. The fourth-order valence-corrected chi connectivity index (χ4v) is 2.58. The molecule has 0 bridgehead atoms. The van der Waals surface area contributed by atoms with Gasteiger partial charge >= 0.3 is 0 Å². The summed E-state index contributed by atoms with van der Waals surface area (Å²) in [6.45, 7) is 7.74. The first-order chi connectivity index (χ1) is 9.32. The number of piperazine rings is 1. The zero-order valence-electron chi connectivity index (χ0n) is 12.6. The van der Waals surface area contributed by atoms with Crippen molar-refractivity contribution in [3.8, 4) is 0 Å². The normalized spacial score (nSPS) is 23.6. The van der Waals surface area contributed by atoms with Gasteiger partial charge in [0.15, 0.2) is 0 Å². The van der Waals surface area contributed by atoms with Gasteiger partial charge in [-0.25, -0.2) is 0 Å². The summed E-state index contributed by atoms with van der Waals surface area (Å²) in [4.78, 5) is 26.7. The van der Waals surface area contributed by atoms with Crippen molar-refractivity contribution < 1.29 is 9.59 Å². The van der Waals surface area contributed by atoms with E-state index in [-0.39, 0.29) is 23.7 Å². The van der Waals surface area contributed by atoms with Crippen molar-refractivity contribution in [2.75, 3.05) is 4.90 Å². The number of nitrogens with zero attached hydrogens (tertiary/aromatic N) is 3. The van der Waals surface area contributed by atoms with Crippen LogP contribution < -0.4 is 10.2 Å². The Bertz CT molecular complexity index is 521. The maximum absolute atomic E-state index is 12.7. The minimum atomic E-state index is -0.485. The molecule has 6 nitrogen and oxygen atoms in total. The van der Waals surface area contributed by atoms with Gasteiger partial charge in [0.1, 0.15) is 12.1 Å². The number of nitrogens with one attached hydrogen (secondary N) is 1. The molecule has 1 N–H and O–H groups in total. The highest BCUT2D eigenvalue weighted by atomic mass is 16.2. The monoisotopic (exact) mass is 278 g/mol. The van der Waals surface area contributed by atoms with Gasteiger partial charge in [-0.1, -0.05) is 27.7 Å². The first-order valence-corrected chi connectivity index (χ1v) is 6.95. The smallest absolute Gasteiger partial charge is 0.250 e. The molecule has 1 aromatic rings. The molecule has 2 rings (SSSR count). The van der Waals surface area contributed by atoms with E-state index in [2.05, 4.69) is 10.4 Å². The van der Waals surface area contributed by atoms with E-state index < -0.39 is 12.1 Å². The molecule has 2 atom stereocenters. The average molecular weight is 278 g/mol. The van der Waals surface area contributed by atoms with Crippen LogP contribution in [0.2, 0.25) is 0 Å². The number of hydrogen-bond acceptors (Lipinski definition) is 3. The van der Waals surface area contributed by atoms with Crippen molar-refractivity contribution in [2.24, 2.45) is 18.9 Å². The lowest BCUT2D eigenvalue weighted by molar-refractivity contribution is -0.135. The minimum absolute atomic E-state index is 0.0345. The molecule has 110 valence electrons. The minimum Gasteiger partial charge on any atom is -0.342 e. The molecule has 2 heterocycles. The molecule has 0 radical (unpaired) electrons. The van der Waals surface area contributed by atoms with Crippen molar-refractivity contribution in [3.05, 3.63) is 12.4 Å². The highest BCUT2D eigenvalue weighted by molar-refractivity contribution is 6.08. The Labute approximate surface area is 119 Å². The Morgan fingerprint density at radius 2 is 1.85 bits per heavy atom. The Morgan fingerprint density at radius 1 is 1.20 bits per heavy atom. The molecule has 2 unspecified atom stereocenters. The van der Waals surface area contributed by atoms with Gasteiger partial charge in [-0.05, 0) is 11.8 Å². The summed E-state index contributed by atoms with van der Waals surface area (Å²) >= 11 is 0. The van der Waals surface area contributed by atoms with Crippen molar-refractivity contribution in [3.63, 3.8) is 0 Å². The van der Waals surface area contributed by atoms with Crippen molar-refractivity contribution in [1.82, 2.24) is 15.1 Å². The van der Waals surface area contributed by atoms with Crippen LogP contribution in [0.15, 0.2) is 12.4 Å². The van der Waals surface area contributed by atoms with Gasteiger partial charge in [0.25, 0.3) is 5.91 Å². The Hall–Kier alpha value is -1.85. The summed E-state index contributed by atoms with van der Waals surface area (Å²) in [7, 11) is 1.79. The van der Waals surface area contributed by atoms with Gasteiger partial charge in [-0.3, -0.25) is 19.2 Å². The van der Waals surface area contributed by atoms with E-state index in [1.807, 2.05) is 27.7 Å².